The summed E-state index contributed by atoms with van der Waals surface area (Å²) < 4.78 is 5.65. The Balaban J connectivity index is 2.00. The number of rotatable bonds is 6. The molecule has 1 aromatic carbocycles. The summed E-state index contributed by atoms with van der Waals surface area (Å²) in [5.41, 5.74) is 7.28. The molecule has 0 aliphatic rings. The zero-order valence-corrected chi connectivity index (χ0v) is 11.6. The van der Waals surface area contributed by atoms with E-state index in [4.69, 9.17) is 15.9 Å². The van der Waals surface area contributed by atoms with Gasteiger partial charge in [0.15, 0.2) is 0 Å². The summed E-state index contributed by atoms with van der Waals surface area (Å²) in [5.74, 6) is 1.26. The lowest BCUT2D eigenvalue weighted by Crippen LogP contribution is -2.11. The molecule has 0 saturated heterocycles. The van der Waals surface area contributed by atoms with Crippen LogP contribution in [0.4, 0.5) is 0 Å². The number of hydrogen-bond donors (Lipinski definition) is 2. The van der Waals surface area contributed by atoms with E-state index in [2.05, 4.69) is 24.0 Å². The van der Waals surface area contributed by atoms with Crippen LogP contribution in [0.5, 0.6) is 11.6 Å². The Labute approximate surface area is 119 Å². The molecule has 3 N–H and O–H groups in total. The van der Waals surface area contributed by atoms with E-state index in [9.17, 15) is 0 Å². The number of pyridine rings is 1. The van der Waals surface area contributed by atoms with Crippen LogP contribution >= 0.6 is 0 Å². The second-order valence-electron chi connectivity index (χ2n) is 4.65. The maximum absolute atomic E-state index is 7.30. The average molecular weight is 269 g/mol. The largest absolute Gasteiger partial charge is 0.439 e. The number of nitrogens with two attached hydrogens (primary N) is 1. The summed E-state index contributed by atoms with van der Waals surface area (Å²) in [5, 5.41) is 7.30. The molecule has 1 aromatic heterocycles. The molecule has 0 aliphatic carbocycles. The number of nitrogens with one attached hydrogen (secondary N) is 1. The number of hydrogen-bond acceptors (Lipinski definition) is 3. The predicted molar refractivity (Wildman–Crippen MR) is 80.4 cm³/mol. The van der Waals surface area contributed by atoms with E-state index < -0.39 is 0 Å². The van der Waals surface area contributed by atoms with Gasteiger partial charge in [-0.05, 0) is 36.6 Å². The molecule has 1 heterocycles. The van der Waals surface area contributed by atoms with Gasteiger partial charge in [0.1, 0.15) is 11.6 Å². The van der Waals surface area contributed by atoms with Gasteiger partial charge in [-0.3, -0.25) is 5.41 Å². The van der Waals surface area contributed by atoms with Gasteiger partial charge in [-0.1, -0.05) is 25.5 Å². The Hall–Kier alpha value is -2.36. The lowest BCUT2D eigenvalue weighted by molar-refractivity contribution is 0.462. The number of aromatic nitrogens is 1. The number of amidine groups is 1. The summed E-state index contributed by atoms with van der Waals surface area (Å²) in [7, 11) is 0. The molecule has 4 heteroatoms. The van der Waals surface area contributed by atoms with Gasteiger partial charge in [0.05, 0.1) is 0 Å². The van der Waals surface area contributed by atoms with Crippen LogP contribution in [0.25, 0.3) is 0 Å². The Bertz CT molecular complexity index is 561. The van der Waals surface area contributed by atoms with Crippen molar-refractivity contribution in [1.29, 1.82) is 5.41 Å². The minimum atomic E-state index is 0.00401. The highest BCUT2D eigenvalue weighted by molar-refractivity contribution is 5.94. The fourth-order valence-corrected chi connectivity index (χ4v) is 1.83. The minimum Gasteiger partial charge on any atom is -0.439 e. The third-order valence-corrected chi connectivity index (χ3v) is 3.01. The van der Waals surface area contributed by atoms with E-state index in [1.807, 2.05) is 12.1 Å². The zero-order valence-electron chi connectivity index (χ0n) is 11.6. The zero-order chi connectivity index (χ0) is 14.4. The maximum Gasteiger partial charge on any atom is 0.219 e. The summed E-state index contributed by atoms with van der Waals surface area (Å²) in [6, 6.07) is 11.5. The van der Waals surface area contributed by atoms with E-state index in [0.29, 0.717) is 11.4 Å². The maximum atomic E-state index is 7.30. The van der Waals surface area contributed by atoms with Crippen LogP contribution in [0, 0.1) is 5.41 Å². The molecule has 0 bridgehead atoms. The van der Waals surface area contributed by atoms with Gasteiger partial charge < -0.3 is 10.5 Å². The monoisotopic (exact) mass is 269 g/mol. The molecule has 104 valence electrons. The fraction of sp³-hybridized carbons (Fsp3) is 0.250. The first kappa shape index (κ1) is 14.1. The first-order valence-corrected chi connectivity index (χ1v) is 6.76. The minimum absolute atomic E-state index is 0.00401. The topological polar surface area (TPSA) is 72.0 Å². The normalized spacial score (nSPS) is 10.2. The lowest BCUT2D eigenvalue weighted by atomic mass is 10.1. The number of ether oxygens (including phenoxy) is 1. The van der Waals surface area contributed by atoms with E-state index in [-0.39, 0.29) is 5.84 Å². The highest BCUT2D eigenvalue weighted by atomic mass is 16.5. The summed E-state index contributed by atoms with van der Waals surface area (Å²) in [4.78, 5) is 4.12. The number of aryl methyl sites for hydroxylation is 1. The van der Waals surface area contributed by atoms with E-state index in [1.165, 1.54) is 24.6 Å². The van der Waals surface area contributed by atoms with E-state index in [1.54, 1.807) is 12.1 Å². The van der Waals surface area contributed by atoms with Gasteiger partial charge in [-0.25, -0.2) is 4.98 Å². The van der Waals surface area contributed by atoms with Crippen LogP contribution in [0.2, 0.25) is 0 Å². The number of nitrogen functional groups attached to an aromatic ring is 1. The van der Waals surface area contributed by atoms with Crippen molar-refractivity contribution in [3.05, 3.63) is 53.7 Å². The molecule has 20 heavy (non-hydrogen) atoms. The molecule has 0 aliphatic heterocycles. The van der Waals surface area contributed by atoms with Crippen LogP contribution in [-0.4, -0.2) is 10.8 Å². The van der Waals surface area contributed by atoms with Crippen molar-refractivity contribution in [3.63, 3.8) is 0 Å². The van der Waals surface area contributed by atoms with Crippen molar-refractivity contribution in [2.75, 3.05) is 0 Å². The van der Waals surface area contributed by atoms with Crippen molar-refractivity contribution in [3.8, 4) is 11.6 Å². The molecule has 0 saturated carbocycles. The van der Waals surface area contributed by atoms with E-state index >= 15 is 0 Å². The molecular formula is C16H19N3O. The van der Waals surface area contributed by atoms with Gasteiger partial charge in [0.2, 0.25) is 5.88 Å². The summed E-state index contributed by atoms with van der Waals surface area (Å²) >= 11 is 0. The van der Waals surface area contributed by atoms with E-state index in [0.717, 1.165) is 12.2 Å². The van der Waals surface area contributed by atoms with Gasteiger partial charge in [0.25, 0.3) is 0 Å². The second-order valence-corrected chi connectivity index (χ2v) is 4.65. The van der Waals surface area contributed by atoms with Crippen molar-refractivity contribution < 1.29 is 4.74 Å². The van der Waals surface area contributed by atoms with Crippen LogP contribution in [-0.2, 0) is 6.42 Å². The van der Waals surface area contributed by atoms with Gasteiger partial charge in [-0.15, -0.1) is 0 Å². The second kappa shape index (κ2) is 6.70. The van der Waals surface area contributed by atoms with Crippen molar-refractivity contribution in [1.82, 2.24) is 4.98 Å². The quantitative estimate of drug-likeness (QED) is 0.622. The number of benzene rings is 1. The summed E-state index contributed by atoms with van der Waals surface area (Å²) in [6.07, 6.45) is 5.04. The Morgan fingerprint density at radius 2 is 1.95 bits per heavy atom. The highest BCUT2D eigenvalue weighted by Gasteiger charge is 2.01. The molecule has 4 nitrogen and oxygen atoms in total. The SMILES string of the molecule is CCCCc1ccc(Oc2ccc(C(=N)N)cn2)cc1. The van der Waals surface area contributed by atoms with Crippen molar-refractivity contribution in [2.45, 2.75) is 26.2 Å². The Kier molecular flexibility index (Phi) is 4.71. The van der Waals surface area contributed by atoms with Crippen LogP contribution in [0.15, 0.2) is 42.6 Å². The van der Waals surface area contributed by atoms with Crippen LogP contribution in [0.1, 0.15) is 30.9 Å². The molecule has 0 amide bonds. The molecule has 2 aromatic rings. The van der Waals surface area contributed by atoms with Gasteiger partial charge in [0, 0.05) is 17.8 Å². The molecule has 2 rings (SSSR count). The predicted octanol–water partition coefficient (Wildman–Crippen LogP) is 3.50. The third-order valence-electron chi connectivity index (χ3n) is 3.01. The fourth-order valence-electron chi connectivity index (χ4n) is 1.83. The first-order valence-electron chi connectivity index (χ1n) is 6.76. The molecule has 0 radical (unpaired) electrons. The van der Waals surface area contributed by atoms with Gasteiger partial charge in [-0.2, -0.15) is 0 Å². The first-order chi connectivity index (χ1) is 9.69. The Morgan fingerprint density at radius 3 is 2.50 bits per heavy atom. The van der Waals surface area contributed by atoms with Crippen LogP contribution in [0.3, 0.4) is 0 Å². The average Bonchev–Trinajstić information content (AvgIpc) is 2.47. The molecule has 0 atom stereocenters. The lowest BCUT2D eigenvalue weighted by Gasteiger charge is -2.06. The standard InChI is InChI=1S/C16H19N3O/c1-2-3-4-12-5-8-14(9-6-12)20-15-10-7-13(11-19-15)16(17)18/h5-11H,2-4H2,1H3,(H3,17,18). The van der Waals surface area contributed by atoms with Crippen molar-refractivity contribution in [2.24, 2.45) is 5.73 Å². The highest BCUT2D eigenvalue weighted by Crippen LogP contribution is 2.20. The molecule has 0 unspecified atom stereocenters. The molecular weight excluding hydrogens is 250 g/mol. The smallest absolute Gasteiger partial charge is 0.219 e. The number of unbranched alkanes of at least 4 members (excludes halogenated alkanes) is 1. The van der Waals surface area contributed by atoms with Crippen molar-refractivity contribution >= 4 is 5.84 Å². The van der Waals surface area contributed by atoms with Crippen LogP contribution < -0.4 is 10.5 Å². The molecule has 0 spiro atoms. The number of nitrogens with zero attached hydrogens (tertiary/aromatic N) is 1. The van der Waals surface area contributed by atoms with Gasteiger partial charge >= 0.3 is 0 Å². The summed E-state index contributed by atoms with van der Waals surface area (Å²) in [6.45, 7) is 2.19. The Morgan fingerprint density at radius 1 is 1.20 bits per heavy atom. The third kappa shape index (κ3) is 3.82. The molecule has 0 fully saturated rings.